The first kappa shape index (κ1) is 15.0. The quantitative estimate of drug-likeness (QED) is 0.841. The zero-order valence-electron chi connectivity index (χ0n) is 12.8. The third-order valence-corrected chi connectivity index (χ3v) is 4.03. The number of pyridine rings is 1. The predicted molar refractivity (Wildman–Crippen MR) is 80.3 cm³/mol. The molecule has 0 saturated carbocycles. The molecule has 0 unspecified atom stereocenters. The molecule has 0 spiro atoms. The van der Waals surface area contributed by atoms with Gasteiger partial charge in [-0.2, -0.15) is 5.26 Å². The van der Waals surface area contributed by atoms with E-state index in [1.165, 1.54) is 0 Å². The molecule has 4 nitrogen and oxygen atoms in total. The molecule has 2 rings (SSSR count). The van der Waals surface area contributed by atoms with E-state index in [0.29, 0.717) is 6.04 Å². The lowest BCUT2D eigenvalue weighted by Gasteiger charge is -2.36. The number of nitrogens with zero attached hydrogens (tertiary/aromatic N) is 4. The molecule has 1 aromatic heterocycles. The lowest BCUT2D eigenvalue weighted by molar-refractivity contribution is 0.104. The first-order valence-corrected chi connectivity index (χ1v) is 7.48. The van der Waals surface area contributed by atoms with Crippen LogP contribution in [0.25, 0.3) is 0 Å². The molecule has 0 bridgehead atoms. The minimum Gasteiger partial charge on any atom is -0.298 e. The van der Waals surface area contributed by atoms with E-state index in [1.54, 1.807) is 0 Å². The van der Waals surface area contributed by atoms with Crippen molar-refractivity contribution in [2.45, 2.75) is 39.8 Å². The summed E-state index contributed by atoms with van der Waals surface area (Å²) in [5, 5.41) is 9.17. The van der Waals surface area contributed by atoms with E-state index < -0.39 is 0 Å². The van der Waals surface area contributed by atoms with Gasteiger partial charge in [-0.25, -0.2) is 0 Å². The molecule has 1 aliphatic rings. The van der Waals surface area contributed by atoms with Gasteiger partial charge < -0.3 is 0 Å². The molecule has 1 fully saturated rings. The normalized spacial score (nSPS) is 17.4. The van der Waals surface area contributed by atoms with E-state index in [4.69, 9.17) is 5.26 Å². The average Bonchev–Trinajstić information content (AvgIpc) is 2.47. The number of nitriles is 1. The van der Waals surface area contributed by atoms with E-state index in [1.807, 2.05) is 19.2 Å². The van der Waals surface area contributed by atoms with Crippen molar-refractivity contribution in [1.29, 1.82) is 5.26 Å². The summed E-state index contributed by atoms with van der Waals surface area (Å²) in [7, 11) is 0. The molecule has 0 aromatic carbocycles. The minimum atomic E-state index is 0.632. The van der Waals surface area contributed by atoms with Gasteiger partial charge in [0.2, 0.25) is 0 Å². The third kappa shape index (κ3) is 3.56. The number of aromatic nitrogens is 1. The van der Waals surface area contributed by atoms with Crippen molar-refractivity contribution in [2.24, 2.45) is 0 Å². The van der Waals surface area contributed by atoms with Crippen LogP contribution in [0.15, 0.2) is 12.3 Å². The average molecular weight is 272 g/mol. The van der Waals surface area contributed by atoms with Crippen LogP contribution in [0, 0.1) is 11.3 Å². The number of rotatable bonds is 4. The second-order valence-corrected chi connectivity index (χ2v) is 5.71. The minimum absolute atomic E-state index is 0.632. The summed E-state index contributed by atoms with van der Waals surface area (Å²) >= 11 is 0. The summed E-state index contributed by atoms with van der Waals surface area (Å²) in [6.45, 7) is 11.9. The highest BCUT2D eigenvalue weighted by molar-refractivity contribution is 5.35. The van der Waals surface area contributed by atoms with Crippen molar-refractivity contribution in [3.05, 3.63) is 29.1 Å². The zero-order chi connectivity index (χ0) is 14.5. The van der Waals surface area contributed by atoms with Gasteiger partial charge in [0.15, 0.2) is 0 Å². The van der Waals surface area contributed by atoms with Crippen molar-refractivity contribution in [3.63, 3.8) is 0 Å². The van der Waals surface area contributed by atoms with Crippen molar-refractivity contribution >= 4 is 0 Å². The lowest BCUT2D eigenvalue weighted by Crippen LogP contribution is -2.48. The lowest BCUT2D eigenvalue weighted by atomic mass is 10.1. The summed E-state index contributed by atoms with van der Waals surface area (Å²) in [5.41, 5.74) is 2.78. The molecule has 1 aliphatic heterocycles. The SMILES string of the molecule is CCc1ncc(CN2CCN(C(C)C)CC2)cc1C#N. The van der Waals surface area contributed by atoms with Crippen LogP contribution >= 0.6 is 0 Å². The Kier molecular flexibility index (Phi) is 5.11. The highest BCUT2D eigenvalue weighted by atomic mass is 15.3. The van der Waals surface area contributed by atoms with Gasteiger partial charge in [0.1, 0.15) is 6.07 Å². The van der Waals surface area contributed by atoms with Crippen LogP contribution in [0.3, 0.4) is 0 Å². The molecule has 0 amide bonds. The molecular weight excluding hydrogens is 248 g/mol. The van der Waals surface area contributed by atoms with Crippen LogP contribution in [-0.4, -0.2) is 47.0 Å². The number of hydrogen-bond donors (Lipinski definition) is 0. The fourth-order valence-corrected chi connectivity index (χ4v) is 2.70. The number of aryl methyl sites for hydroxylation is 1. The molecule has 2 heterocycles. The van der Waals surface area contributed by atoms with E-state index >= 15 is 0 Å². The van der Waals surface area contributed by atoms with Gasteiger partial charge in [-0.3, -0.25) is 14.8 Å². The van der Waals surface area contributed by atoms with Crippen LogP contribution in [-0.2, 0) is 13.0 Å². The van der Waals surface area contributed by atoms with Crippen LogP contribution in [0.2, 0.25) is 0 Å². The maximum absolute atomic E-state index is 9.17. The van der Waals surface area contributed by atoms with E-state index in [9.17, 15) is 0 Å². The van der Waals surface area contributed by atoms with E-state index in [0.717, 1.165) is 56.0 Å². The molecule has 0 N–H and O–H groups in total. The molecule has 4 heteroatoms. The van der Waals surface area contributed by atoms with Gasteiger partial charge in [-0.05, 0) is 31.9 Å². The Morgan fingerprint density at radius 2 is 2.00 bits per heavy atom. The Balaban J connectivity index is 1.96. The van der Waals surface area contributed by atoms with Crippen molar-refractivity contribution in [3.8, 4) is 6.07 Å². The first-order chi connectivity index (χ1) is 9.63. The highest BCUT2D eigenvalue weighted by Gasteiger charge is 2.19. The molecule has 0 radical (unpaired) electrons. The summed E-state index contributed by atoms with van der Waals surface area (Å²) in [6, 6.07) is 4.89. The van der Waals surface area contributed by atoms with Crippen LogP contribution in [0.5, 0.6) is 0 Å². The fraction of sp³-hybridized carbons (Fsp3) is 0.625. The Morgan fingerprint density at radius 1 is 1.30 bits per heavy atom. The smallest absolute Gasteiger partial charge is 0.101 e. The summed E-state index contributed by atoms with van der Waals surface area (Å²) in [6.07, 6.45) is 2.74. The highest BCUT2D eigenvalue weighted by Crippen LogP contribution is 2.13. The summed E-state index contributed by atoms with van der Waals surface area (Å²) in [4.78, 5) is 9.37. The predicted octanol–water partition coefficient (Wildman–Crippen LogP) is 2.04. The summed E-state index contributed by atoms with van der Waals surface area (Å²) < 4.78 is 0. The molecule has 1 saturated heterocycles. The van der Waals surface area contributed by atoms with E-state index in [2.05, 4.69) is 34.7 Å². The molecule has 0 atom stereocenters. The van der Waals surface area contributed by atoms with Crippen molar-refractivity contribution in [1.82, 2.24) is 14.8 Å². The third-order valence-electron chi connectivity index (χ3n) is 4.03. The topological polar surface area (TPSA) is 43.2 Å². The van der Waals surface area contributed by atoms with Crippen LogP contribution in [0.4, 0.5) is 0 Å². The van der Waals surface area contributed by atoms with E-state index in [-0.39, 0.29) is 0 Å². The Bertz CT molecular complexity index is 482. The fourth-order valence-electron chi connectivity index (χ4n) is 2.70. The van der Waals surface area contributed by atoms with Gasteiger partial charge in [-0.1, -0.05) is 6.92 Å². The summed E-state index contributed by atoms with van der Waals surface area (Å²) in [5.74, 6) is 0. The number of piperazine rings is 1. The Hall–Kier alpha value is -1.44. The Labute approximate surface area is 122 Å². The largest absolute Gasteiger partial charge is 0.298 e. The van der Waals surface area contributed by atoms with Crippen LogP contribution < -0.4 is 0 Å². The molecule has 0 aliphatic carbocycles. The van der Waals surface area contributed by atoms with Gasteiger partial charge in [0.25, 0.3) is 0 Å². The van der Waals surface area contributed by atoms with Crippen molar-refractivity contribution in [2.75, 3.05) is 26.2 Å². The van der Waals surface area contributed by atoms with Gasteiger partial charge in [0, 0.05) is 45.0 Å². The van der Waals surface area contributed by atoms with Gasteiger partial charge in [0.05, 0.1) is 11.3 Å². The second-order valence-electron chi connectivity index (χ2n) is 5.71. The first-order valence-electron chi connectivity index (χ1n) is 7.48. The molecule has 20 heavy (non-hydrogen) atoms. The maximum Gasteiger partial charge on any atom is 0.101 e. The number of hydrogen-bond acceptors (Lipinski definition) is 4. The zero-order valence-corrected chi connectivity index (χ0v) is 12.8. The molecule has 1 aromatic rings. The second kappa shape index (κ2) is 6.83. The molecule has 108 valence electrons. The van der Waals surface area contributed by atoms with Crippen molar-refractivity contribution < 1.29 is 0 Å². The molecular formula is C16H24N4. The van der Waals surface area contributed by atoms with Crippen LogP contribution in [0.1, 0.15) is 37.6 Å². The maximum atomic E-state index is 9.17. The van der Waals surface area contributed by atoms with Gasteiger partial charge >= 0.3 is 0 Å². The Morgan fingerprint density at radius 3 is 2.55 bits per heavy atom. The monoisotopic (exact) mass is 272 g/mol. The van der Waals surface area contributed by atoms with Gasteiger partial charge in [-0.15, -0.1) is 0 Å². The standard InChI is InChI=1S/C16H24N4/c1-4-16-15(10-17)9-14(11-18-16)12-19-5-7-20(8-6-19)13(2)3/h9,11,13H,4-8,12H2,1-3H3.